The number of para-hydroxylation sites is 1. The van der Waals surface area contributed by atoms with Crippen molar-refractivity contribution < 1.29 is 4.39 Å². The monoisotopic (exact) mass is 465 g/mol. The minimum atomic E-state index is -0.160. The van der Waals surface area contributed by atoms with E-state index in [0.29, 0.717) is 11.7 Å². The van der Waals surface area contributed by atoms with Crippen LogP contribution in [-0.2, 0) is 13.0 Å². The van der Waals surface area contributed by atoms with Gasteiger partial charge in [-0.25, -0.2) is 14.4 Å². The molecule has 0 bridgehead atoms. The maximum Gasteiger partial charge on any atom is 0.189 e. The first-order valence-corrected chi connectivity index (χ1v) is 12.8. The quantitative estimate of drug-likeness (QED) is 0.363. The number of anilines is 2. The minimum absolute atomic E-state index is 0.160. The van der Waals surface area contributed by atoms with E-state index in [9.17, 15) is 4.39 Å². The first kappa shape index (κ1) is 23.5. The Labute approximate surface area is 200 Å². The molecule has 2 heterocycles. The molecule has 1 saturated heterocycles. The van der Waals surface area contributed by atoms with E-state index in [1.165, 1.54) is 11.6 Å². The van der Waals surface area contributed by atoms with Crippen LogP contribution < -0.4 is 15.1 Å². The lowest BCUT2D eigenvalue weighted by Gasteiger charge is -2.37. The van der Waals surface area contributed by atoms with E-state index in [1.54, 1.807) is 17.8 Å². The lowest BCUT2D eigenvalue weighted by molar-refractivity contribution is 0.511. The summed E-state index contributed by atoms with van der Waals surface area (Å²) in [6.07, 6.45) is 6.08. The van der Waals surface area contributed by atoms with Gasteiger partial charge in [-0.15, -0.1) is 0 Å². The lowest BCUT2D eigenvalue weighted by atomic mass is 10.1. The average molecular weight is 466 g/mol. The van der Waals surface area contributed by atoms with Gasteiger partial charge in [0.25, 0.3) is 0 Å². The van der Waals surface area contributed by atoms with Gasteiger partial charge < -0.3 is 15.1 Å². The zero-order valence-electron chi connectivity index (χ0n) is 19.4. The molecule has 1 N–H and O–H groups in total. The van der Waals surface area contributed by atoms with E-state index in [0.717, 1.165) is 62.1 Å². The summed E-state index contributed by atoms with van der Waals surface area (Å²) in [5.41, 5.74) is 3.16. The van der Waals surface area contributed by atoms with Gasteiger partial charge in [0.05, 0.1) is 5.69 Å². The van der Waals surface area contributed by atoms with Crippen LogP contribution in [0.5, 0.6) is 0 Å². The molecule has 1 aliphatic heterocycles. The maximum absolute atomic E-state index is 14.2. The second-order valence-electron chi connectivity index (χ2n) is 8.44. The van der Waals surface area contributed by atoms with Crippen LogP contribution in [0.1, 0.15) is 24.5 Å². The number of nitrogens with one attached hydrogen (secondary N) is 1. The highest BCUT2D eigenvalue weighted by atomic mass is 32.2. The Bertz CT molecular complexity index is 1020. The standard InChI is InChI=1S/C26H32FN5S/c1-20(12-13-21-8-4-3-5-9-21)28-18-22-19-29-26(33-2)30-25(22)32-16-14-31(15-17-32)24-11-7-6-10-23(24)27/h3-11,19-20,28H,12-18H2,1-2H3. The first-order valence-electron chi connectivity index (χ1n) is 11.6. The lowest BCUT2D eigenvalue weighted by Crippen LogP contribution is -2.47. The second-order valence-corrected chi connectivity index (χ2v) is 9.21. The molecule has 5 nitrogen and oxygen atoms in total. The number of hydrogen-bond acceptors (Lipinski definition) is 6. The van der Waals surface area contributed by atoms with Crippen molar-refractivity contribution in [1.82, 2.24) is 15.3 Å². The Morgan fingerprint density at radius 3 is 2.42 bits per heavy atom. The summed E-state index contributed by atoms with van der Waals surface area (Å²) in [4.78, 5) is 13.8. The SMILES string of the molecule is CSc1ncc(CNC(C)CCc2ccccc2)c(N2CCN(c3ccccc3F)CC2)n1. The largest absolute Gasteiger partial charge is 0.366 e. The normalized spacial score (nSPS) is 15.0. The number of aryl methyl sites for hydroxylation is 1. The molecule has 0 spiro atoms. The molecular formula is C26H32FN5S. The van der Waals surface area contributed by atoms with E-state index >= 15 is 0 Å². The van der Waals surface area contributed by atoms with Crippen molar-refractivity contribution >= 4 is 23.3 Å². The van der Waals surface area contributed by atoms with Crippen LogP contribution in [0.2, 0.25) is 0 Å². The number of thioether (sulfide) groups is 1. The van der Waals surface area contributed by atoms with Gasteiger partial charge in [-0.1, -0.05) is 54.2 Å². The first-order chi connectivity index (χ1) is 16.1. The third-order valence-corrected chi connectivity index (χ3v) is 6.69. The van der Waals surface area contributed by atoms with Gasteiger partial charge >= 0.3 is 0 Å². The molecule has 1 aliphatic rings. The zero-order valence-corrected chi connectivity index (χ0v) is 20.2. The highest BCUT2D eigenvalue weighted by molar-refractivity contribution is 7.98. The summed E-state index contributed by atoms with van der Waals surface area (Å²) in [5, 5.41) is 4.43. The highest BCUT2D eigenvalue weighted by Gasteiger charge is 2.23. The molecule has 1 atom stereocenters. The topological polar surface area (TPSA) is 44.3 Å². The summed E-state index contributed by atoms with van der Waals surface area (Å²) in [5.74, 6) is 0.831. The minimum Gasteiger partial charge on any atom is -0.366 e. The smallest absolute Gasteiger partial charge is 0.189 e. The zero-order chi connectivity index (χ0) is 23.0. The molecule has 4 rings (SSSR count). The van der Waals surface area contributed by atoms with Crippen molar-refractivity contribution in [3.05, 3.63) is 77.7 Å². The molecular weight excluding hydrogens is 433 g/mol. The van der Waals surface area contributed by atoms with E-state index < -0.39 is 0 Å². The van der Waals surface area contributed by atoms with E-state index in [2.05, 4.69) is 57.4 Å². The van der Waals surface area contributed by atoms with Crippen molar-refractivity contribution in [2.24, 2.45) is 0 Å². The predicted octanol–water partition coefficient (Wildman–Crippen LogP) is 4.78. The molecule has 0 aliphatic carbocycles. The molecule has 0 radical (unpaired) electrons. The number of nitrogens with zero attached hydrogens (tertiary/aromatic N) is 4. The molecule has 1 aromatic heterocycles. The Balaban J connectivity index is 1.38. The fourth-order valence-electron chi connectivity index (χ4n) is 4.16. The van der Waals surface area contributed by atoms with Gasteiger partial charge in [0.15, 0.2) is 5.16 Å². The highest BCUT2D eigenvalue weighted by Crippen LogP contribution is 2.25. The number of hydrogen-bond donors (Lipinski definition) is 1. The Morgan fingerprint density at radius 1 is 1.00 bits per heavy atom. The predicted molar refractivity (Wildman–Crippen MR) is 136 cm³/mol. The summed E-state index contributed by atoms with van der Waals surface area (Å²) < 4.78 is 14.2. The molecule has 0 amide bonds. The van der Waals surface area contributed by atoms with Crippen LogP contribution in [0.4, 0.5) is 15.9 Å². The molecule has 33 heavy (non-hydrogen) atoms. The van der Waals surface area contributed by atoms with Crippen molar-refractivity contribution in [1.29, 1.82) is 0 Å². The van der Waals surface area contributed by atoms with E-state index in [4.69, 9.17) is 4.98 Å². The Kier molecular flexibility index (Phi) is 8.18. The van der Waals surface area contributed by atoms with Gasteiger partial charge in [0, 0.05) is 50.5 Å². The van der Waals surface area contributed by atoms with Gasteiger partial charge in [-0.3, -0.25) is 0 Å². The number of halogens is 1. The van der Waals surface area contributed by atoms with Gasteiger partial charge in [0.2, 0.25) is 0 Å². The fraction of sp³-hybridized carbons (Fsp3) is 0.385. The Hall–Kier alpha value is -2.64. The summed E-state index contributed by atoms with van der Waals surface area (Å²) in [6.45, 7) is 6.09. The summed E-state index contributed by atoms with van der Waals surface area (Å²) >= 11 is 1.56. The van der Waals surface area contributed by atoms with E-state index in [1.807, 2.05) is 24.6 Å². The molecule has 3 aromatic rings. The van der Waals surface area contributed by atoms with Crippen LogP contribution in [0.15, 0.2) is 66.0 Å². The fourth-order valence-corrected chi connectivity index (χ4v) is 4.50. The average Bonchev–Trinajstić information content (AvgIpc) is 2.87. The molecule has 174 valence electrons. The number of rotatable bonds is 9. The van der Waals surface area contributed by atoms with Crippen molar-refractivity contribution in [3.63, 3.8) is 0 Å². The van der Waals surface area contributed by atoms with Gasteiger partial charge in [-0.2, -0.15) is 0 Å². The molecule has 1 unspecified atom stereocenters. The van der Waals surface area contributed by atoms with Crippen molar-refractivity contribution in [3.8, 4) is 0 Å². The Morgan fingerprint density at radius 2 is 1.70 bits per heavy atom. The number of piperazine rings is 1. The van der Waals surface area contributed by atoms with Crippen LogP contribution in [0, 0.1) is 5.82 Å². The van der Waals surface area contributed by atoms with Crippen LogP contribution in [0.3, 0.4) is 0 Å². The molecule has 7 heteroatoms. The van der Waals surface area contributed by atoms with Crippen LogP contribution >= 0.6 is 11.8 Å². The molecule has 1 fully saturated rings. The summed E-state index contributed by atoms with van der Waals surface area (Å²) in [6, 6.07) is 18.0. The van der Waals surface area contributed by atoms with E-state index in [-0.39, 0.29) is 5.82 Å². The second kappa shape index (κ2) is 11.5. The van der Waals surface area contributed by atoms with Crippen molar-refractivity contribution in [2.75, 3.05) is 42.2 Å². The third kappa shape index (κ3) is 6.24. The van der Waals surface area contributed by atoms with Gasteiger partial charge in [0.1, 0.15) is 11.6 Å². The maximum atomic E-state index is 14.2. The number of benzene rings is 2. The molecule has 2 aromatic carbocycles. The van der Waals surface area contributed by atoms with Crippen molar-refractivity contribution in [2.45, 2.75) is 37.5 Å². The van der Waals surface area contributed by atoms with Crippen LogP contribution in [0.25, 0.3) is 0 Å². The third-order valence-electron chi connectivity index (χ3n) is 6.12. The summed E-state index contributed by atoms with van der Waals surface area (Å²) in [7, 11) is 0. The van der Waals surface area contributed by atoms with Gasteiger partial charge in [-0.05, 0) is 43.7 Å². The molecule has 0 saturated carbocycles. The van der Waals surface area contributed by atoms with Crippen LogP contribution in [-0.4, -0.2) is 48.4 Å². The number of aromatic nitrogens is 2.